The summed E-state index contributed by atoms with van der Waals surface area (Å²) in [5, 5.41) is 1.08. The lowest BCUT2D eigenvalue weighted by Gasteiger charge is -2.15. The Kier molecular flexibility index (Phi) is 4.64. The fourth-order valence-electron chi connectivity index (χ4n) is 2.99. The summed E-state index contributed by atoms with van der Waals surface area (Å²) >= 11 is 1.81. The third-order valence-corrected chi connectivity index (χ3v) is 5.24. The molecule has 0 aliphatic heterocycles. The Morgan fingerprint density at radius 3 is 2.95 bits per heavy atom. The maximum absolute atomic E-state index is 4.97. The first-order valence-corrected chi connectivity index (χ1v) is 8.50. The Bertz CT molecular complexity index is 697. The number of hydrogen-bond acceptors (Lipinski definition) is 3. The molecule has 0 N–H and O–H groups in total. The minimum atomic E-state index is 0.342. The van der Waals surface area contributed by atoms with Crippen molar-refractivity contribution >= 4 is 11.3 Å². The van der Waals surface area contributed by atoms with Crippen LogP contribution in [-0.2, 0) is 6.42 Å². The Morgan fingerprint density at radius 1 is 1.32 bits per heavy atom. The molecule has 1 aliphatic rings. The van der Waals surface area contributed by atoms with Crippen LogP contribution in [0, 0.1) is 0 Å². The molecule has 22 heavy (non-hydrogen) atoms. The molecule has 0 radical (unpaired) electrons. The zero-order chi connectivity index (χ0) is 15.4. The van der Waals surface area contributed by atoms with Gasteiger partial charge in [0.05, 0.1) is 5.69 Å². The van der Waals surface area contributed by atoms with Crippen LogP contribution in [0.25, 0.3) is 10.6 Å². The van der Waals surface area contributed by atoms with Gasteiger partial charge in [0.15, 0.2) is 0 Å². The van der Waals surface area contributed by atoms with E-state index in [1.165, 1.54) is 29.0 Å². The highest BCUT2D eigenvalue weighted by molar-refractivity contribution is 7.15. The van der Waals surface area contributed by atoms with E-state index in [9.17, 15) is 0 Å². The van der Waals surface area contributed by atoms with Crippen LogP contribution < -0.4 is 0 Å². The molecule has 112 valence electrons. The molecule has 0 aromatic carbocycles. The van der Waals surface area contributed by atoms with E-state index < -0.39 is 0 Å². The molecule has 2 heterocycles. The van der Waals surface area contributed by atoms with Gasteiger partial charge in [-0.05, 0) is 37.0 Å². The molecule has 3 rings (SSSR count). The summed E-state index contributed by atoms with van der Waals surface area (Å²) in [5.41, 5.74) is 3.56. The van der Waals surface area contributed by atoms with Crippen LogP contribution >= 0.6 is 11.3 Å². The highest BCUT2D eigenvalue weighted by Crippen LogP contribution is 2.40. The second-order valence-corrected chi connectivity index (χ2v) is 6.56. The largest absolute Gasteiger partial charge is 0.264 e. The molecule has 1 aliphatic carbocycles. The van der Waals surface area contributed by atoms with Crippen LogP contribution in [0.2, 0.25) is 0 Å². The van der Waals surface area contributed by atoms with Crippen LogP contribution in [0.3, 0.4) is 0 Å². The van der Waals surface area contributed by atoms with Crippen molar-refractivity contribution in [1.82, 2.24) is 9.97 Å². The fraction of sp³-hybridized carbons (Fsp3) is 0.263. The van der Waals surface area contributed by atoms with Gasteiger partial charge in [-0.1, -0.05) is 37.8 Å². The van der Waals surface area contributed by atoms with Crippen molar-refractivity contribution in [3.8, 4) is 10.6 Å². The molecule has 0 amide bonds. The number of nitrogens with zero attached hydrogens (tertiary/aromatic N) is 2. The van der Waals surface area contributed by atoms with Crippen molar-refractivity contribution in [2.24, 2.45) is 0 Å². The molecule has 2 aromatic rings. The molecule has 1 atom stereocenters. The SMILES string of the molecule is C=C/C=C(\C=C)C1CCCCc2sc(-c3cccnc3)nc21. The molecule has 2 nitrogen and oxygen atoms in total. The summed E-state index contributed by atoms with van der Waals surface area (Å²) in [6.07, 6.45) is 14.3. The van der Waals surface area contributed by atoms with Crippen molar-refractivity contribution in [3.05, 3.63) is 72.1 Å². The molecular weight excluding hydrogens is 288 g/mol. The first-order valence-electron chi connectivity index (χ1n) is 7.68. The summed E-state index contributed by atoms with van der Waals surface area (Å²) in [5.74, 6) is 0.342. The van der Waals surface area contributed by atoms with Gasteiger partial charge in [0.25, 0.3) is 0 Å². The molecule has 0 bridgehead atoms. The van der Waals surface area contributed by atoms with Gasteiger partial charge in [0, 0.05) is 28.8 Å². The summed E-state index contributed by atoms with van der Waals surface area (Å²) in [6, 6.07) is 4.04. The number of thiazole rings is 1. The van der Waals surface area contributed by atoms with Gasteiger partial charge in [0.1, 0.15) is 5.01 Å². The van der Waals surface area contributed by atoms with Crippen molar-refractivity contribution in [2.75, 3.05) is 0 Å². The number of allylic oxidation sites excluding steroid dienone is 4. The lowest BCUT2D eigenvalue weighted by molar-refractivity contribution is 0.650. The third kappa shape index (κ3) is 2.95. The monoisotopic (exact) mass is 308 g/mol. The van der Waals surface area contributed by atoms with Crippen LogP contribution in [0.4, 0.5) is 0 Å². The van der Waals surface area contributed by atoms with Crippen LogP contribution in [0.1, 0.15) is 35.8 Å². The predicted octanol–water partition coefficient (Wildman–Crippen LogP) is 5.31. The Hall–Kier alpha value is -2.00. The van der Waals surface area contributed by atoms with E-state index >= 15 is 0 Å². The molecular formula is C19H20N2S. The lowest BCUT2D eigenvalue weighted by atomic mass is 9.91. The second-order valence-electron chi connectivity index (χ2n) is 5.47. The number of pyridine rings is 1. The van der Waals surface area contributed by atoms with E-state index in [2.05, 4.69) is 30.3 Å². The summed E-state index contributed by atoms with van der Waals surface area (Å²) in [7, 11) is 0. The normalized spacial score (nSPS) is 18.4. The van der Waals surface area contributed by atoms with E-state index in [4.69, 9.17) is 4.98 Å². The van der Waals surface area contributed by atoms with Gasteiger partial charge in [-0.2, -0.15) is 0 Å². The van der Waals surface area contributed by atoms with E-state index in [0.717, 1.165) is 23.4 Å². The molecule has 2 aromatic heterocycles. The van der Waals surface area contributed by atoms with Crippen LogP contribution in [-0.4, -0.2) is 9.97 Å². The maximum Gasteiger partial charge on any atom is 0.125 e. The highest BCUT2D eigenvalue weighted by atomic mass is 32.1. The second kappa shape index (κ2) is 6.84. The number of aromatic nitrogens is 2. The van der Waals surface area contributed by atoms with Gasteiger partial charge >= 0.3 is 0 Å². The van der Waals surface area contributed by atoms with Crippen molar-refractivity contribution in [3.63, 3.8) is 0 Å². The van der Waals surface area contributed by atoms with E-state index in [-0.39, 0.29) is 0 Å². The number of fused-ring (bicyclic) bond motifs is 1. The Balaban J connectivity index is 2.05. The van der Waals surface area contributed by atoms with Crippen molar-refractivity contribution in [2.45, 2.75) is 31.6 Å². The summed E-state index contributed by atoms with van der Waals surface area (Å²) in [6.45, 7) is 7.80. The quantitative estimate of drug-likeness (QED) is 0.565. The predicted molar refractivity (Wildman–Crippen MR) is 94.1 cm³/mol. The number of hydrogen-bond donors (Lipinski definition) is 0. The van der Waals surface area contributed by atoms with Gasteiger partial charge in [-0.3, -0.25) is 4.98 Å². The number of aryl methyl sites for hydroxylation is 1. The average Bonchev–Trinajstić information content (AvgIpc) is 2.89. The Labute approximate surface area is 136 Å². The third-order valence-electron chi connectivity index (χ3n) is 4.06. The first kappa shape index (κ1) is 14.9. The molecule has 0 fully saturated rings. The van der Waals surface area contributed by atoms with Gasteiger partial charge in [0.2, 0.25) is 0 Å². The standard InChI is InChI=1S/C19H20N2S/c1-3-8-14(4-2)16-10-5-6-11-17-18(16)21-19(22-17)15-9-7-12-20-13-15/h3-4,7-9,12-13,16H,1-2,5-6,10-11H2/b14-8+. The van der Waals surface area contributed by atoms with Crippen LogP contribution in [0.15, 0.2) is 61.5 Å². The van der Waals surface area contributed by atoms with Crippen molar-refractivity contribution < 1.29 is 0 Å². The first-order chi connectivity index (χ1) is 10.8. The Morgan fingerprint density at radius 2 is 2.23 bits per heavy atom. The molecule has 3 heteroatoms. The molecule has 0 saturated carbocycles. The van der Waals surface area contributed by atoms with Gasteiger partial charge in [-0.25, -0.2) is 4.98 Å². The van der Waals surface area contributed by atoms with Gasteiger partial charge < -0.3 is 0 Å². The summed E-state index contributed by atoms with van der Waals surface area (Å²) < 4.78 is 0. The molecule has 1 unspecified atom stereocenters. The average molecular weight is 308 g/mol. The topological polar surface area (TPSA) is 25.8 Å². The zero-order valence-corrected chi connectivity index (χ0v) is 13.5. The fourth-order valence-corrected chi connectivity index (χ4v) is 4.14. The molecule has 0 saturated heterocycles. The lowest BCUT2D eigenvalue weighted by Crippen LogP contribution is -2.02. The minimum Gasteiger partial charge on any atom is -0.264 e. The van der Waals surface area contributed by atoms with Crippen LogP contribution in [0.5, 0.6) is 0 Å². The minimum absolute atomic E-state index is 0.342. The van der Waals surface area contributed by atoms with Gasteiger partial charge in [-0.15, -0.1) is 11.3 Å². The highest BCUT2D eigenvalue weighted by Gasteiger charge is 2.25. The summed E-state index contributed by atoms with van der Waals surface area (Å²) in [4.78, 5) is 10.6. The zero-order valence-electron chi connectivity index (χ0n) is 12.7. The van der Waals surface area contributed by atoms with E-state index in [1.54, 1.807) is 6.20 Å². The maximum atomic E-state index is 4.97. The van der Waals surface area contributed by atoms with E-state index in [1.807, 2.05) is 35.8 Å². The molecule has 0 spiro atoms. The van der Waals surface area contributed by atoms with E-state index in [0.29, 0.717) is 5.92 Å². The number of rotatable bonds is 4. The smallest absolute Gasteiger partial charge is 0.125 e. The van der Waals surface area contributed by atoms with Crippen molar-refractivity contribution in [1.29, 1.82) is 0 Å².